The largest absolute Gasteiger partial charge is 0.481 e. The van der Waals surface area contributed by atoms with Gasteiger partial charge in [-0.25, -0.2) is 0 Å². The monoisotopic (exact) mass is 201 g/mol. The second-order valence-corrected chi connectivity index (χ2v) is 3.73. The summed E-state index contributed by atoms with van der Waals surface area (Å²) in [4.78, 5) is 22.4. The number of carboxylic acid groups (broad SMARTS) is 1. The van der Waals surface area contributed by atoms with Crippen molar-refractivity contribution in [3.63, 3.8) is 0 Å². The molecule has 0 atom stereocenters. The maximum absolute atomic E-state index is 11.2. The van der Waals surface area contributed by atoms with Gasteiger partial charge in [-0.05, 0) is 6.42 Å². The number of thiazole rings is 1. The maximum atomic E-state index is 11.2. The summed E-state index contributed by atoms with van der Waals surface area (Å²) < 4.78 is 1.46. The van der Waals surface area contributed by atoms with Crippen LogP contribution in [0.5, 0.6) is 0 Å². The minimum absolute atomic E-state index is 0.000204. The minimum Gasteiger partial charge on any atom is -0.481 e. The normalized spacial score (nSPS) is 10.2. The van der Waals surface area contributed by atoms with Gasteiger partial charge in [0.15, 0.2) is 0 Å². The smallest absolute Gasteiger partial charge is 0.307 e. The number of rotatable bonds is 4. The number of aromatic nitrogens is 1. The first-order valence-electron chi connectivity index (χ1n) is 4.04. The van der Waals surface area contributed by atoms with Crippen LogP contribution in [0.15, 0.2) is 11.0 Å². The summed E-state index contributed by atoms with van der Waals surface area (Å²) in [7, 11) is 0. The Morgan fingerprint density at radius 2 is 2.38 bits per heavy atom. The average Bonchev–Trinajstić information content (AvgIpc) is 2.43. The molecule has 0 amide bonds. The van der Waals surface area contributed by atoms with Gasteiger partial charge in [-0.2, -0.15) is 0 Å². The molecule has 72 valence electrons. The standard InChI is InChI=1S/C8H11NO3S/c1-2-6-5-9(8(12)13-6)4-3-7(10)11/h5H,2-4H2,1H3,(H,10,11). The first-order chi connectivity index (χ1) is 6.13. The Morgan fingerprint density at radius 1 is 1.69 bits per heavy atom. The van der Waals surface area contributed by atoms with E-state index in [0.29, 0.717) is 0 Å². The molecule has 0 aliphatic rings. The molecule has 0 saturated heterocycles. The molecule has 4 nitrogen and oxygen atoms in total. The molecule has 0 bridgehead atoms. The number of nitrogens with zero attached hydrogens (tertiary/aromatic N) is 1. The molecule has 1 N–H and O–H groups in total. The van der Waals surface area contributed by atoms with Crippen LogP contribution < -0.4 is 4.87 Å². The fraction of sp³-hybridized carbons (Fsp3) is 0.500. The predicted molar refractivity (Wildman–Crippen MR) is 50.2 cm³/mol. The second kappa shape index (κ2) is 4.23. The van der Waals surface area contributed by atoms with E-state index in [2.05, 4.69) is 0 Å². The highest BCUT2D eigenvalue weighted by atomic mass is 32.1. The Bertz CT molecular complexity index is 353. The lowest BCUT2D eigenvalue weighted by molar-refractivity contribution is -0.137. The number of carboxylic acids is 1. The first-order valence-corrected chi connectivity index (χ1v) is 4.86. The summed E-state index contributed by atoms with van der Waals surface area (Å²) in [5, 5.41) is 8.42. The number of carbonyl (C=O) groups is 1. The average molecular weight is 201 g/mol. The molecule has 1 heterocycles. The first kappa shape index (κ1) is 9.98. The van der Waals surface area contributed by atoms with Crippen LogP contribution in [0.4, 0.5) is 0 Å². The van der Waals surface area contributed by atoms with E-state index in [0.717, 1.165) is 11.3 Å². The van der Waals surface area contributed by atoms with Crippen LogP contribution >= 0.6 is 11.3 Å². The van der Waals surface area contributed by atoms with Crippen LogP contribution in [0.25, 0.3) is 0 Å². The highest BCUT2D eigenvalue weighted by Gasteiger charge is 2.04. The van der Waals surface area contributed by atoms with Crippen molar-refractivity contribution in [2.45, 2.75) is 26.3 Å². The van der Waals surface area contributed by atoms with Crippen LogP contribution in [0.1, 0.15) is 18.2 Å². The lowest BCUT2D eigenvalue weighted by Crippen LogP contribution is -2.14. The van der Waals surface area contributed by atoms with Crippen molar-refractivity contribution in [2.24, 2.45) is 0 Å². The third-order valence-corrected chi connectivity index (χ3v) is 2.73. The summed E-state index contributed by atoms with van der Waals surface area (Å²) in [5.74, 6) is -0.879. The molecular formula is C8H11NO3S. The third-order valence-electron chi connectivity index (χ3n) is 1.67. The van der Waals surface area contributed by atoms with Crippen LogP contribution in [0.3, 0.4) is 0 Å². The Kier molecular flexibility index (Phi) is 3.25. The van der Waals surface area contributed by atoms with E-state index in [1.165, 1.54) is 15.9 Å². The molecule has 0 radical (unpaired) electrons. The van der Waals surface area contributed by atoms with Crippen molar-refractivity contribution in [1.82, 2.24) is 4.57 Å². The molecule has 1 aromatic heterocycles. The Labute approximate surface area is 79.4 Å². The molecule has 0 fully saturated rings. The van der Waals surface area contributed by atoms with Crippen molar-refractivity contribution >= 4 is 17.3 Å². The number of aryl methyl sites for hydroxylation is 2. The summed E-state index contributed by atoms with van der Waals surface area (Å²) in [5.41, 5.74) is 0. The van der Waals surface area contributed by atoms with Gasteiger partial charge in [-0.1, -0.05) is 18.3 Å². The Hall–Kier alpha value is -1.10. The molecule has 1 rings (SSSR count). The zero-order chi connectivity index (χ0) is 9.84. The fourth-order valence-electron chi connectivity index (χ4n) is 0.959. The molecule has 0 aromatic carbocycles. The van der Waals surface area contributed by atoms with Crippen molar-refractivity contribution in [3.8, 4) is 0 Å². The van der Waals surface area contributed by atoms with Gasteiger partial charge in [-0.15, -0.1) is 0 Å². The number of aliphatic carboxylic acids is 1. The van der Waals surface area contributed by atoms with Crippen LogP contribution in [-0.2, 0) is 17.8 Å². The van der Waals surface area contributed by atoms with Gasteiger partial charge < -0.3 is 9.67 Å². The van der Waals surface area contributed by atoms with E-state index in [1.54, 1.807) is 6.20 Å². The van der Waals surface area contributed by atoms with E-state index < -0.39 is 5.97 Å². The van der Waals surface area contributed by atoms with Crippen molar-refractivity contribution in [1.29, 1.82) is 0 Å². The predicted octanol–water partition coefficient (Wildman–Crippen LogP) is 0.947. The SMILES string of the molecule is CCc1cn(CCC(=O)O)c(=O)s1. The van der Waals surface area contributed by atoms with Crippen LogP contribution in [0.2, 0.25) is 0 Å². The van der Waals surface area contributed by atoms with Gasteiger partial charge in [0.2, 0.25) is 0 Å². The van der Waals surface area contributed by atoms with E-state index in [1.807, 2.05) is 6.92 Å². The van der Waals surface area contributed by atoms with Crippen molar-refractivity contribution in [3.05, 3.63) is 20.7 Å². The highest BCUT2D eigenvalue weighted by Crippen LogP contribution is 2.04. The van der Waals surface area contributed by atoms with Gasteiger partial charge in [0.05, 0.1) is 6.42 Å². The zero-order valence-corrected chi connectivity index (χ0v) is 8.13. The number of hydrogen-bond donors (Lipinski definition) is 1. The minimum atomic E-state index is -0.879. The molecule has 5 heteroatoms. The maximum Gasteiger partial charge on any atom is 0.307 e. The van der Waals surface area contributed by atoms with E-state index in [9.17, 15) is 9.59 Å². The van der Waals surface area contributed by atoms with E-state index >= 15 is 0 Å². The second-order valence-electron chi connectivity index (χ2n) is 2.65. The van der Waals surface area contributed by atoms with Crippen molar-refractivity contribution in [2.75, 3.05) is 0 Å². The summed E-state index contributed by atoms with van der Waals surface area (Å²) in [6.45, 7) is 2.23. The lowest BCUT2D eigenvalue weighted by atomic mass is 10.4. The van der Waals surface area contributed by atoms with Gasteiger partial charge in [0, 0.05) is 17.6 Å². The van der Waals surface area contributed by atoms with Crippen LogP contribution in [0, 0.1) is 0 Å². The van der Waals surface area contributed by atoms with Gasteiger partial charge in [-0.3, -0.25) is 9.59 Å². The van der Waals surface area contributed by atoms with Gasteiger partial charge >= 0.3 is 10.8 Å². The quantitative estimate of drug-likeness (QED) is 0.788. The van der Waals surface area contributed by atoms with Crippen molar-refractivity contribution < 1.29 is 9.90 Å². The molecule has 13 heavy (non-hydrogen) atoms. The Morgan fingerprint density at radius 3 is 2.85 bits per heavy atom. The molecule has 0 aliphatic carbocycles. The van der Waals surface area contributed by atoms with Crippen LogP contribution in [-0.4, -0.2) is 15.6 Å². The molecular weight excluding hydrogens is 190 g/mol. The molecule has 0 unspecified atom stereocenters. The fourth-order valence-corrected chi connectivity index (χ4v) is 1.77. The van der Waals surface area contributed by atoms with Gasteiger partial charge in [0.25, 0.3) is 0 Å². The van der Waals surface area contributed by atoms with E-state index in [4.69, 9.17) is 5.11 Å². The summed E-state index contributed by atoms with van der Waals surface area (Å²) in [6.07, 6.45) is 2.55. The highest BCUT2D eigenvalue weighted by molar-refractivity contribution is 7.09. The van der Waals surface area contributed by atoms with E-state index in [-0.39, 0.29) is 17.8 Å². The molecule has 0 aliphatic heterocycles. The molecule has 1 aromatic rings. The lowest BCUT2D eigenvalue weighted by Gasteiger charge is -1.95. The number of hydrogen-bond acceptors (Lipinski definition) is 3. The topological polar surface area (TPSA) is 59.3 Å². The summed E-state index contributed by atoms with van der Waals surface area (Å²) >= 11 is 1.18. The summed E-state index contributed by atoms with van der Waals surface area (Å²) in [6, 6.07) is 0. The third kappa shape index (κ3) is 2.69. The Balaban J connectivity index is 2.71. The molecule has 0 saturated carbocycles. The van der Waals surface area contributed by atoms with Gasteiger partial charge in [0.1, 0.15) is 0 Å². The zero-order valence-electron chi connectivity index (χ0n) is 7.32. The molecule has 0 spiro atoms.